The molecule has 1 aromatic heterocycles. The number of carbonyl (C=O) groups is 1. The molecule has 0 spiro atoms. The molecule has 5 nitrogen and oxygen atoms in total. The standard InChI is InChI=1S/C20H27N3O2/c1-13(2)16-6-8-17(9-7-16)25-15(4)20(24)23-11-10-18-14(3)21-22(5)19(18)12-23/h6-9,13,15H,10-12H2,1-5H3. The molecule has 3 rings (SSSR count). The minimum atomic E-state index is -0.499. The Labute approximate surface area is 149 Å². The van der Waals surface area contributed by atoms with Gasteiger partial charge in [-0.05, 0) is 49.4 Å². The van der Waals surface area contributed by atoms with Crippen LogP contribution < -0.4 is 4.74 Å². The fourth-order valence-electron chi connectivity index (χ4n) is 3.41. The van der Waals surface area contributed by atoms with Crippen LogP contribution in [0.2, 0.25) is 0 Å². The van der Waals surface area contributed by atoms with Gasteiger partial charge in [0.25, 0.3) is 5.91 Å². The zero-order valence-electron chi connectivity index (χ0n) is 15.7. The summed E-state index contributed by atoms with van der Waals surface area (Å²) < 4.78 is 7.76. The molecule has 0 bridgehead atoms. The average Bonchev–Trinajstić information content (AvgIpc) is 2.88. The van der Waals surface area contributed by atoms with E-state index in [1.54, 1.807) is 0 Å². The maximum Gasteiger partial charge on any atom is 0.263 e. The first-order chi connectivity index (χ1) is 11.9. The van der Waals surface area contributed by atoms with Gasteiger partial charge in [-0.2, -0.15) is 5.10 Å². The van der Waals surface area contributed by atoms with Crippen molar-refractivity contribution in [3.05, 3.63) is 46.8 Å². The van der Waals surface area contributed by atoms with Crippen molar-refractivity contribution in [2.75, 3.05) is 6.54 Å². The van der Waals surface area contributed by atoms with E-state index in [9.17, 15) is 4.79 Å². The zero-order valence-corrected chi connectivity index (χ0v) is 15.7. The lowest BCUT2D eigenvalue weighted by Crippen LogP contribution is -2.43. The van der Waals surface area contributed by atoms with Crippen molar-refractivity contribution in [1.29, 1.82) is 0 Å². The summed E-state index contributed by atoms with van der Waals surface area (Å²) in [7, 11) is 1.94. The molecular weight excluding hydrogens is 314 g/mol. The highest BCUT2D eigenvalue weighted by Gasteiger charge is 2.28. The summed E-state index contributed by atoms with van der Waals surface area (Å²) in [5.74, 6) is 1.25. The Kier molecular flexibility index (Phi) is 4.84. The van der Waals surface area contributed by atoms with E-state index in [0.29, 0.717) is 12.5 Å². The number of hydrogen-bond acceptors (Lipinski definition) is 3. The predicted molar refractivity (Wildman–Crippen MR) is 97.7 cm³/mol. The van der Waals surface area contributed by atoms with Gasteiger partial charge in [-0.3, -0.25) is 9.48 Å². The van der Waals surface area contributed by atoms with Gasteiger partial charge in [-0.1, -0.05) is 26.0 Å². The lowest BCUT2D eigenvalue weighted by Gasteiger charge is -2.30. The van der Waals surface area contributed by atoms with E-state index >= 15 is 0 Å². The van der Waals surface area contributed by atoms with Gasteiger partial charge < -0.3 is 9.64 Å². The van der Waals surface area contributed by atoms with Crippen molar-refractivity contribution >= 4 is 5.91 Å². The maximum atomic E-state index is 12.8. The first kappa shape index (κ1) is 17.5. The van der Waals surface area contributed by atoms with Crippen molar-refractivity contribution in [3.63, 3.8) is 0 Å². The number of hydrogen-bond donors (Lipinski definition) is 0. The van der Waals surface area contributed by atoms with Gasteiger partial charge in [0.05, 0.1) is 17.9 Å². The number of carbonyl (C=O) groups excluding carboxylic acids is 1. The van der Waals surface area contributed by atoms with Crippen LogP contribution in [-0.4, -0.2) is 33.2 Å². The van der Waals surface area contributed by atoms with Gasteiger partial charge in [0.15, 0.2) is 6.10 Å². The molecule has 1 aliphatic heterocycles. The lowest BCUT2D eigenvalue weighted by atomic mass is 10.0. The van der Waals surface area contributed by atoms with Crippen molar-refractivity contribution in [2.45, 2.75) is 52.7 Å². The predicted octanol–water partition coefficient (Wildman–Crippen LogP) is 3.20. The highest BCUT2D eigenvalue weighted by atomic mass is 16.5. The third-order valence-electron chi connectivity index (χ3n) is 4.97. The summed E-state index contributed by atoms with van der Waals surface area (Å²) in [6.07, 6.45) is 0.358. The molecule has 0 fully saturated rings. The molecule has 0 saturated carbocycles. The summed E-state index contributed by atoms with van der Waals surface area (Å²) in [6.45, 7) is 9.50. The highest BCUT2D eigenvalue weighted by molar-refractivity contribution is 5.81. The van der Waals surface area contributed by atoms with Crippen LogP contribution in [0.25, 0.3) is 0 Å². The molecule has 1 unspecified atom stereocenters. The molecule has 5 heteroatoms. The van der Waals surface area contributed by atoms with E-state index in [1.165, 1.54) is 11.1 Å². The third kappa shape index (κ3) is 3.55. The number of rotatable bonds is 4. The topological polar surface area (TPSA) is 47.4 Å². The second-order valence-corrected chi connectivity index (χ2v) is 7.13. The normalized spacial score (nSPS) is 15.2. The van der Waals surface area contributed by atoms with E-state index in [1.807, 2.05) is 42.6 Å². The lowest BCUT2D eigenvalue weighted by molar-refractivity contribution is -0.139. The number of ether oxygens (including phenoxy) is 1. The summed E-state index contributed by atoms with van der Waals surface area (Å²) >= 11 is 0. The van der Waals surface area contributed by atoms with Crippen LogP contribution in [-0.2, 0) is 24.8 Å². The van der Waals surface area contributed by atoms with E-state index in [-0.39, 0.29) is 5.91 Å². The smallest absolute Gasteiger partial charge is 0.263 e. The van der Waals surface area contributed by atoms with Gasteiger partial charge in [0.2, 0.25) is 0 Å². The number of benzene rings is 1. The summed E-state index contributed by atoms with van der Waals surface area (Å²) in [5, 5.41) is 4.47. The van der Waals surface area contributed by atoms with Gasteiger partial charge in [-0.25, -0.2) is 0 Å². The quantitative estimate of drug-likeness (QED) is 0.858. The Bertz CT molecular complexity index is 762. The number of aromatic nitrogens is 2. The van der Waals surface area contributed by atoms with Crippen LogP contribution >= 0.6 is 0 Å². The van der Waals surface area contributed by atoms with Gasteiger partial charge in [0.1, 0.15) is 5.75 Å². The molecule has 1 aromatic carbocycles. The molecule has 0 N–H and O–H groups in total. The van der Waals surface area contributed by atoms with Crippen LogP contribution in [0.15, 0.2) is 24.3 Å². The Morgan fingerprint density at radius 3 is 2.52 bits per heavy atom. The van der Waals surface area contributed by atoms with Crippen LogP contribution in [0, 0.1) is 6.92 Å². The Balaban J connectivity index is 1.65. The number of fused-ring (bicyclic) bond motifs is 1. The van der Waals surface area contributed by atoms with Crippen LogP contribution in [0.4, 0.5) is 0 Å². The van der Waals surface area contributed by atoms with Crippen molar-refractivity contribution < 1.29 is 9.53 Å². The molecule has 25 heavy (non-hydrogen) atoms. The van der Waals surface area contributed by atoms with Crippen LogP contribution in [0.1, 0.15) is 49.2 Å². The number of amides is 1. The van der Waals surface area contributed by atoms with Gasteiger partial charge in [-0.15, -0.1) is 0 Å². The van der Waals surface area contributed by atoms with E-state index < -0.39 is 6.10 Å². The van der Waals surface area contributed by atoms with E-state index in [4.69, 9.17) is 4.74 Å². The molecular formula is C20H27N3O2. The first-order valence-electron chi connectivity index (χ1n) is 8.93. The Morgan fingerprint density at radius 2 is 1.88 bits per heavy atom. The van der Waals surface area contributed by atoms with Crippen LogP contribution in [0.5, 0.6) is 5.75 Å². The van der Waals surface area contributed by atoms with Gasteiger partial charge in [0, 0.05) is 13.6 Å². The summed E-state index contributed by atoms with van der Waals surface area (Å²) in [5.41, 5.74) is 4.75. The fourth-order valence-corrected chi connectivity index (χ4v) is 3.41. The molecule has 0 radical (unpaired) electrons. The third-order valence-corrected chi connectivity index (χ3v) is 4.97. The zero-order chi connectivity index (χ0) is 18.1. The SMILES string of the molecule is Cc1nn(C)c2c1CCN(C(=O)C(C)Oc1ccc(C(C)C)cc1)C2. The van der Waals surface area contributed by atoms with Gasteiger partial charge >= 0.3 is 0 Å². The molecule has 1 amide bonds. The van der Waals surface area contributed by atoms with E-state index in [2.05, 4.69) is 31.1 Å². The van der Waals surface area contributed by atoms with Crippen LogP contribution in [0.3, 0.4) is 0 Å². The second kappa shape index (κ2) is 6.90. The molecule has 2 aromatic rings. The van der Waals surface area contributed by atoms with Crippen molar-refractivity contribution in [3.8, 4) is 5.75 Å². The maximum absolute atomic E-state index is 12.8. The number of aryl methyl sites for hydroxylation is 2. The van der Waals surface area contributed by atoms with E-state index in [0.717, 1.165) is 30.1 Å². The average molecular weight is 341 g/mol. The minimum absolute atomic E-state index is 0.0254. The first-order valence-corrected chi connectivity index (χ1v) is 8.93. The van der Waals surface area contributed by atoms with Crippen molar-refractivity contribution in [2.24, 2.45) is 7.05 Å². The minimum Gasteiger partial charge on any atom is -0.481 e. The Hall–Kier alpha value is -2.30. The summed E-state index contributed by atoms with van der Waals surface area (Å²) in [4.78, 5) is 14.6. The molecule has 1 atom stereocenters. The molecule has 1 aliphatic rings. The largest absolute Gasteiger partial charge is 0.481 e. The molecule has 0 aliphatic carbocycles. The monoisotopic (exact) mass is 341 g/mol. The molecule has 134 valence electrons. The highest BCUT2D eigenvalue weighted by Crippen LogP contribution is 2.23. The molecule has 0 saturated heterocycles. The summed E-state index contributed by atoms with van der Waals surface area (Å²) in [6, 6.07) is 8.00. The number of nitrogens with zero attached hydrogens (tertiary/aromatic N) is 3. The Morgan fingerprint density at radius 1 is 1.20 bits per heavy atom. The van der Waals surface area contributed by atoms with Crippen molar-refractivity contribution in [1.82, 2.24) is 14.7 Å². The molecule has 2 heterocycles. The second-order valence-electron chi connectivity index (χ2n) is 7.13. The fraction of sp³-hybridized carbons (Fsp3) is 0.500.